The molecule has 4 heteroatoms. The van der Waals surface area contributed by atoms with Gasteiger partial charge in [-0.15, -0.1) is 11.6 Å². The number of benzene rings is 2. The highest BCUT2D eigenvalue weighted by Gasteiger charge is 2.29. The van der Waals surface area contributed by atoms with Gasteiger partial charge in [0.2, 0.25) is 0 Å². The zero-order valence-corrected chi connectivity index (χ0v) is 11.9. The summed E-state index contributed by atoms with van der Waals surface area (Å²) in [6.45, 7) is 0.184. The number of carbonyl (C=O) groups excluding carboxylic acids is 2. The van der Waals surface area contributed by atoms with Crippen molar-refractivity contribution < 1.29 is 14.3 Å². The molecule has 1 aliphatic carbocycles. The van der Waals surface area contributed by atoms with E-state index in [-0.39, 0.29) is 12.5 Å². The van der Waals surface area contributed by atoms with Crippen LogP contribution in [0, 0.1) is 0 Å². The van der Waals surface area contributed by atoms with Crippen molar-refractivity contribution in [2.24, 2.45) is 0 Å². The highest BCUT2D eigenvalue weighted by Crippen LogP contribution is 2.44. The molecule has 1 aliphatic rings. The van der Waals surface area contributed by atoms with Gasteiger partial charge < -0.3 is 9.53 Å². The maximum Gasteiger partial charge on any atom is 0.331 e. The van der Waals surface area contributed by atoms with Crippen molar-refractivity contribution in [1.29, 1.82) is 0 Å². The summed E-state index contributed by atoms with van der Waals surface area (Å²) < 4.78 is 5.19. The third-order valence-electron chi connectivity index (χ3n) is 3.70. The van der Waals surface area contributed by atoms with E-state index in [0.717, 1.165) is 22.3 Å². The van der Waals surface area contributed by atoms with Crippen LogP contribution in [-0.2, 0) is 14.3 Å². The summed E-state index contributed by atoms with van der Waals surface area (Å²) in [5, 5.41) is -1.24. The first-order chi connectivity index (χ1) is 10.2. The van der Waals surface area contributed by atoms with Gasteiger partial charge in [-0.3, -0.25) is 0 Å². The molecule has 106 valence electrons. The van der Waals surface area contributed by atoms with Gasteiger partial charge in [0.1, 0.15) is 12.9 Å². The van der Waals surface area contributed by atoms with Gasteiger partial charge in [-0.05, 0) is 22.3 Å². The Hall–Kier alpha value is -2.13. The number of halogens is 1. The van der Waals surface area contributed by atoms with Crippen LogP contribution in [0.1, 0.15) is 17.0 Å². The lowest BCUT2D eigenvalue weighted by Gasteiger charge is -2.14. The maximum absolute atomic E-state index is 11.6. The topological polar surface area (TPSA) is 43.4 Å². The van der Waals surface area contributed by atoms with Crippen LogP contribution in [0.2, 0.25) is 0 Å². The van der Waals surface area contributed by atoms with Crippen molar-refractivity contribution in [3.8, 4) is 11.1 Å². The Bertz CT molecular complexity index is 650. The summed E-state index contributed by atoms with van der Waals surface area (Å²) in [4.78, 5) is 22.1. The number of aldehydes is 1. The lowest BCUT2D eigenvalue weighted by atomic mass is 9.98. The molecule has 1 unspecified atom stereocenters. The number of rotatable bonds is 4. The molecule has 0 spiro atoms. The molecule has 0 saturated heterocycles. The Kier molecular flexibility index (Phi) is 3.76. The molecule has 0 fully saturated rings. The minimum absolute atomic E-state index is 0.0168. The van der Waals surface area contributed by atoms with Crippen molar-refractivity contribution in [3.05, 3.63) is 59.7 Å². The molecule has 0 N–H and O–H groups in total. The molecule has 1 atom stereocenters. The van der Waals surface area contributed by atoms with Crippen LogP contribution in [-0.4, -0.2) is 24.2 Å². The lowest BCUT2D eigenvalue weighted by molar-refractivity contribution is -0.144. The van der Waals surface area contributed by atoms with Crippen molar-refractivity contribution in [1.82, 2.24) is 0 Å². The van der Waals surface area contributed by atoms with Crippen molar-refractivity contribution in [2.45, 2.75) is 11.3 Å². The quantitative estimate of drug-likeness (QED) is 0.377. The Balaban J connectivity index is 1.89. The van der Waals surface area contributed by atoms with Gasteiger partial charge >= 0.3 is 5.97 Å². The molecule has 0 amide bonds. The number of hydrogen-bond donors (Lipinski definition) is 0. The average molecular weight is 301 g/mol. The van der Waals surface area contributed by atoms with E-state index < -0.39 is 11.3 Å². The fourth-order valence-corrected chi connectivity index (χ4v) is 2.80. The van der Waals surface area contributed by atoms with Gasteiger partial charge in [0.05, 0.1) is 0 Å². The maximum atomic E-state index is 11.6. The number of hydrogen-bond acceptors (Lipinski definition) is 3. The SMILES string of the molecule is O=CC(Cl)C(=O)OCC1c2ccccc2-c2ccccc21. The first kappa shape index (κ1) is 13.8. The standard InChI is InChI=1S/C17H13ClO3/c18-16(9-19)17(20)21-10-15-13-7-3-1-5-11(13)12-6-2-4-8-14(12)15/h1-9,15-16H,10H2. The van der Waals surface area contributed by atoms with Crippen LogP contribution in [0.15, 0.2) is 48.5 Å². The molecule has 0 aromatic heterocycles. The number of carbonyl (C=O) groups is 2. The summed E-state index contributed by atoms with van der Waals surface area (Å²) in [6, 6.07) is 16.1. The summed E-state index contributed by atoms with van der Waals surface area (Å²) >= 11 is 5.56. The third kappa shape index (κ3) is 2.45. The minimum atomic E-state index is -1.24. The molecule has 3 nitrogen and oxygen atoms in total. The zero-order chi connectivity index (χ0) is 14.8. The second-order valence-electron chi connectivity index (χ2n) is 4.89. The Morgan fingerprint density at radius 1 is 1.10 bits per heavy atom. The van der Waals surface area contributed by atoms with Crippen LogP contribution in [0.25, 0.3) is 11.1 Å². The van der Waals surface area contributed by atoms with E-state index in [2.05, 4.69) is 12.1 Å². The average Bonchev–Trinajstić information content (AvgIpc) is 2.86. The fourth-order valence-electron chi connectivity index (χ4n) is 2.74. The minimum Gasteiger partial charge on any atom is -0.463 e. The second-order valence-corrected chi connectivity index (χ2v) is 5.37. The molecule has 3 rings (SSSR count). The van der Waals surface area contributed by atoms with Crippen LogP contribution < -0.4 is 0 Å². The van der Waals surface area contributed by atoms with E-state index in [4.69, 9.17) is 16.3 Å². The molecule has 2 aromatic carbocycles. The van der Waals surface area contributed by atoms with Gasteiger partial charge in [-0.2, -0.15) is 0 Å². The number of fused-ring (bicyclic) bond motifs is 3. The monoisotopic (exact) mass is 300 g/mol. The summed E-state index contributed by atoms with van der Waals surface area (Å²) in [6.07, 6.45) is 0.375. The van der Waals surface area contributed by atoms with E-state index in [9.17, 15) is 9.59 Å². The predicted octanol–water partition coefficient (Wildman–Crippen LogP) is 3.15. The lowest BCUT2D eigenvalue weighted by Crippen LogP contribution is -2.21. The highest BCUT2D eigenvalue weighted by atomic mass is 35.5. The fraction of sp³-hybridized carbons (Fsp3) is 0.176. The van der Waals surface area contributed by atoms with Crippen molar-refractivity contribution in [3.63, 3.8) is 0 Å². The molecule has 0 saturated carbocycles. The van der Waals surface area contributed by atoms with Crippen LogP contribution in [0.5, 0.6) is 0 Å². The molecule has 21 heavy (non-hydrogen) atoms. The van der Waals surface area contributed by atoms with Crippen LogP contribution >= 0.6 is 11.6 Å². The molecule has 0 bridgehead atoms. The molecular weight excluding hydrogens is 288 g/mol. The van der Waals surface area contributed by atoms with E-state index in [1.165, 1.54) is 0 Å². The number of alkyl halides is 1. The largest absolute Gasteiger partial charge is 0.463 e. The normalized spacial score (nSPS) is 14.1. The van der Waals surface area contributed by atoms with Gasteiger partial charge in [0.25, 0.3) is 0 Å². The van der Waals surface area contributed by atoms with Gasteiger partial charge in [-0.1, -0.05) is 48.5 Å². The van der Waals surface area contributed by atoms with Gasteiger partial charge in [0.15, 0.2) is 5.38 Å². The van der Waals surface area contributed by atoms with Crippen molar-refractivity contribution in [2.75, 3.05) is 6.61 Å². The van der Waals surface area contributed by atoms with Gasteiger partial charge in [0, 0.05) is 5.92 Å². The van der Waals surface area contributed by atoms with Crippen LogP contribution in [0.4, 0.5) is 0 Å². The third-order valence-corrected chi connectivity index (χ3v) is 3.98. The highest BCUT2D eigenvalue weighted by molar-refractivity contribution is 6.37. The van der Waals surface area contributed by atoms with E-state index in [1.54, 1.807) is 0 Å². The zero-order valence-electron chi connectivity index (χ0n) is 11.2. The molecular formula is C17H13ClO3. The molecule has 0 heterocycles. The smallest absolute Gasteiger partial charge is 0.331 e. The summed E-state index contributed by atoms with van der Waals surface area (Å²) in [5.74, 6) is -0.717. The molecule has 0 radical (unpaired) electrons. The number of ether oxygens (including phenoxy) is 1. The predicted molar refractivity (Wildman–Crippen MR) is 80.4 cm³/mol. The second kappa shape index (κ2) is 5.70. The van der Waals surface area contributed by atoms with E-state index in [0.29, 0.717) is 6.29 Å². The number of esters is 1. The summed E-state index contributed by atoms with van der Waals surface area (Å²) in [5.41, 5.74) is 4.58. The van der Waals surface area contributed by atoms with E-state index in [1.807, 2.05) is 36.4 Å². The van der Waals surface area contributed by atoms with Crippen LogP contribution in [0.3, 0.4) is 0 Å². The molecule has 0 aliphatic heterocycles. The van der Waals surface area contributed by atoms with Crippen molar-refractivity contribution >= 4 is 23.9 Å². The van der Waals surface area contributed by atoms with Gasteiger partial charge in [-0.25, -0.2) is 4.79 Å². The molecule has 2 aromatic rings. The van der Waals surface area contributed by atoms with E-state index >= 15 is 0 Å². The summed E-state index contributed by atoms with van der Waals surface area (Å²) in [7, 11) is 0. The first-order valence-corrected chi connectivity index (χ1v) is 7.10. The Morgan fingerprint density at radius 2 is 1.62 bits per heavy atom. The Morgan fingerprint density at radius 3 is 2.14 bits per heavy atom. The first-order valence-electron chi connectivity index (χ1n) is 6.66. The Labute approximate surface area is 127 Å².